The Balaban J connectivity index is 1.85. The van der Waals surface area contributed by atoms with E-state index in [4.69, 9.17) is 0 Å². The molecule has 1 aromatic heterocycles. The van der Waals surface area contributed by atoms with Crippen LogP contribution >= 0.6 is 0 Å². The summed E-state index contributed by atoms with van der Waals surface area (Å²) in [5.74, 6) is 1.44. The van der Waals surface area contributed by atoms with Gasteiger partial charge in [0.1, 0.15) is 5.69 Å². The first-order valence-corrected chi connectivity index (χ1v) is 9.69. The number of rotatable bonds is 7. The molecule has 0 atom stereocenters. The molecule has 7 nitrogen and oxygen atoms in total. The Hall–Kier alpha value is -2.10. The lowest BCUT2D eigenvalue weighted by atomic mass is 10.2. The molecule has 2 rings (SSSR count). The zero-order valence-electron chi connectivity index (χ0n) is 16.8. The van der Waals surface area contributed by atoms with Crippen molar-refractivity contribution >= 4 is 11.9 Å². The van der Waals surface area contributed by atoms with Gasteiger partial charge in [-0.25, -0.2) is 9.97 Å². The SMILES string of the molecule is CCNC(=NCCNc1nccc(C(F)(F)F)n1)N1CCN(CC(C)C)CC1. The molecular formula is C18H30F3N7. The Morgan fingerprint density at radius 3 is 2.57 bits per heavy atom. The van der Waals surface area contributed by atoms with Crippen LogP contribution in [0.1, 0.15) is 26.5 Å². The summed E-state index contributed by atoms with van der Waals surface area (Å²) in [7, 11) is 0. The van der Waals surface area contributed by atoms with Crippen molar-refractivity contribution in [3.05, 3.63) is 18.0 Å². The van der Waals surface area contributed by atoms with Crippen LogP contribution in [0.4, 0.5) is 19.1 Å². The largest absolute Gasteiger partial charge is 0.433 e. The van der Waals surface area contributed by atoms with Gasteiger partial charge >= 0.3 is 6.18 Å². The highest BCUT2D eigenvalue weighted by Crippen LogP contribution is 2.27. The topological polar surface area (TPSA) is 68.7 Å². The fourth-order valence-electron chi connectivity index (χ4n) is 3.02. The number of hydrogen-bond acceptors (Lipinski definition) is 5. The Kier molecular flexibility index (Phi) is 8.28. The second-order valence-corrected chi connectivity index (χ2v) is 7.11. The number of alkyl halides is 3. The van der Waals surface area contributed by atoms with Gasteiger partial charge in [0.15, 0.2) is 5.96 Å². The van der Waals surface area contributed by atoms with E-state index < -0.39 is 11.9 Å². The first-order valence-electron chi connectivity index (χ1n) is 9.69. The number of piperazine rings is 1. The van der Waals surface area contributed by atoms with E-state index in [9.17, 15) is 13.2 Å². The molecule has 1 aromatic rings. The molecule has 0 aliphatic carbocycles. The van der Waals surface area contributed by atoms with Gasteiger partial charge in [-0.2, -0.15) is 13.2 Å². The third-order valence-corrected chi connectivity index (χ3v) is 4.23. The van der Waals surface area contributed by atoms with Crippen LogP contribution in [-0.2, 0) is 6.18 Å². The molecule has 1 fully saturated rings. The summed E-state index contributed by atoms with van der Waals surface area (Å²) >= 11 is 0. The van der Waals surface area contributed by atoms with Crippen LogP contribution < -0.4 is 10.6 Å². The molecule has 10 heteroatoms. The van der Waals surface area contributed by atoms with Gasteiger partial charge in [-0.05, 0) is 18.9 Å². The summed E-state index contributed by atoms with van der Waals surface area (Å²) in [5, 5.41) is 6.09. The molecule has 0 amide bonds. The van der Waals surface area contributed by atoms with E-state index in [2.05, 4.69) is 49.2 Å². The van der Waals surface area contributed by atoms with Crippen LogP contribution in [0, 0.1) is 5.92 Å². The van der Waals surface area contributed by atoms with Gasteiger partial charge in [0.2, 0.25) is 5.95 Å². The molecular weight excluding hydrogens is 371 g/mol. The molecule has 1 aliphatic rings. The third-order valence-electron chi connectivity index (χ3n) is 4.23. The standard InChI is InChI=1S/C18H30F3N7/c1-4-22-17(28-11-9-27(10-12-28)13-14(2)3)25-8-7-24-16-23-6-5-15(26-16)18(19,20)21/h5-6,14H,4,7-13H2,1-3H3,(H,22,25)(H,23,24,26). The van der Waals surface area contributed by atoms with Crippen molar-refractivity contribution in [3.8, 4) is 0 Å². The van der Waals surface area contributed by atoms with Gasteiger partial charge in [-0.1, -0.05) is 13.8 Å². The smallest absolute Gasteiger partial charge is 0.357 e. The quantitative estimate of drug-likeness (QED) is 0.415. The van der Waals surface area contributed by atoms with Crippen molar-refractivity contribution < 1.29 is 13.2 Å². The highest BCUT2D eigenvalue weighted by molar-refractivity contribution is 5.80. The van der Waals surface area contributed by atoms with Crippen LogP contribution in [0.3, 0.4) is 0 Å². The molecule has 28 heavy (non-hydrogen) atoms. The van der Waals surface area contributed by atoms with Crippen LogP contribution in [0.25, 0.3) is 0 Å². The predicted molar refractivity (Wildman–Crippen MR) is 104 cm³/mol. The average molecular weight is 401 g/mol. The zero-order chi connectivity index (χ0) is 20.6. The van der Waals surface area contributed by atoms with E-state index in [0.29, 0.717) is 19.0 Å². The lowest BCUT2D eigenvalue weighted by molar-refractivity contribution is -0.141. The molecule has 2 N–H and O–H groups in total. The summed E-state index contributed by atoms with van der Waals surface area (Å²) in [6.07, 6.45) is -3.38. The van der Waals surface area contributed by atoms with Crippen molar-refractivity contribution in [2.24, 2.45) is 10.9 Å². The maximum Gasteiger partial charge on any atom is 0.433 e. The average Bonchev–Trinajstić information content (AvgIpc) is 2.64. The number of aliphatic imine (C=N–C) groups is 1. The van der Waals surface area contributed by atoms with Crippen molar-refractivity contribution in [1.82, 2.24) is 25.1 Å². The molecule has 0 bridgehead atoms. The second kappa shape index (κ2) is 10.4. The maximum absolute atomic E-state index is 12.7. The zero-order valence-corrected chi connectivity index (χ0v) is 16.8. The molecule has 0 aromatic carbocycles. The molecule has 0 spiro atoms. The number of halogens is 3. The Morgan fingerprint density at radius 1 is 1.25 bits per heavy atom. The third kappa shape index (κ3) is 7.14. The van der Waals surface area contributed by atoms with Gasteiger partial charge in [-0.3, -0.25) is 9.89 Å². The second-order valence-electron chi connectivity index (χ2n) is 7.11. The van der Waals surface area contributed by atoms with Crippen molar-refractivity contribution in [3.63, 3.8) is 0 Å². The minimum atomic E-state index is -4.48. The van der Waals surface area contributed by atoms with E-state index in [-0.39, 0.29) is 5.95 Å². The first kappa shape index (κ1) is 22.2. The molecule has 0 unspecified atom stereocenters. The van der Waals surface area contributed by atoms with E-state index in [0.717, 1.165) is 57.5 Å². The van der Waals surface area contributed by atoms with E-state index >= 15 is 0 Å². The molecule has 2 heterocycles. The monoisotopic (exact) mass is 401 g/mol. The fourth-order valence-corrected chi connectivity index (χ4v) is 3.02. The molecule has 0 saturated carbocycles. The van der Waals surface area contributed by atoms with Crippen LogP contribution in [0.2, 0.25) is 0 Å². The molecule has 1 aliphatic heterocycles. The number of hydrogen-bond donors (Lipinski definition) is 2. The minimum absolute atomic E-state index is 0.0441. The Labute approximate surface area is 164 Å². The van der Waals surface area contributed by atoms with E-state index in [1.54, 1.807) is 0 Å². The van der Waals surface area contributed by atoms with Gasteiger partial charge in [-0.15, -0.1) is 0 Å². The number of aromatic nitrogens is 2. The molecule has 1 saturated heterocycles. The molecule has 0 radical (unpaired) electrons. The van der Waals surface area contributed by atoms with Crippen molar-refractivity contribution in [2.45, 2.75) is 26.9 Å². The number of anilines is 1. The lowest BCUT2D eigenvalue weighted by Gasteiger charge is -2.37. The normalized spacial score (nSPS) is 16.5. The molecule has 158 valence electrons. The summed E-state index contributed by atoms with van der Waals surface area (Å²) in [4.78, 5) is 16.6. The maximum atomic E-state index is 12.7. The van der Waals surface area contributed by atoms with Gasteiger partial charge < -0.3 is 15.5 Å². The van der Waals surface area contributed by atoms with Gasteiger partial charge in [0.25, 0.3) is 0 Å². The van der Waals surface area contributed by atoms with Crippen molar-refractivity contribution in [1.29, 1.82) is 0 Å². The Bertz CT molecular complexity index is 626. The highest BCUT2D eigenvalue weighted by Gasteiger charge is 2.32. The van der Waals surface area contributed by atoms with E-state index in [1.165, 1.54) is 0 Å². The Morgan fingerprint density at radius 2 is 1.96 bits per heavy atom. The van der Waals surface area contributed by atoms with Crippen molar-refractivity contribution in [2.75, 3.05) is 57.7 Å². The van der Waals surface area contributed by atoms with Crippen LogP contribution in [0.5, 0.6) is 0 Å². The number of nitrogens with zero attached hydrogens (tertiary/aromatic N) is 5. The summed E-state index contributed by atoms with van der Waals surface area (Å²) in [6.45, 7) is 12.9. The summed E-state index contributed by atoms with van der Waals surface area (Å²) in [6, 6.07) is 0.853. The highest BCUT2D eigenvalue weighted by atomic mass is 19.4. The van der Waals surface area contributed by atoms with Gasteiger partial charge in [0.05, 0.1) is 6.54 Å². The fraction of sp³-hybridized carbons (Fsp3) is 0.722. The summed E-state index contributed by atoms with van der Waals surface area (Å²) < 4.78 is 38.1. The number of nitrogens with one attached hydrogen (secondary N) is 2. The minimum Gasteiger partial charge on any atom is -0.357 e. The number of guanidine groups is 1. The van der Waals surface area contributed by atoms with E-state index in [1.807, 2.05) is 6.92 Å². The predicted octanol–water partition coefficient (Wildman–Crippen LogP) is 2.15. The lowest BCUT2D eigenvalue weighted by Crippen LogP contribution is -2.53. The van der Waals surface area contributed by atoms with Crippen LogP contribution in [-0.4, -0.2) is 78.1 Å². The summed E-state index contributed by atoms with van der Waals surface area (Å²) in [5.41, 5.74) is -0.957. The van der Waals surface area contributed by atoms with Gasteiger partial charge in [0, 0.05) is 52.0 Å². The van der Waals surface area contributed by atoms with Crippen LogP contribution in [0.15, 0.2) is 17.3 Å². The first-order chi connectivity index (χ1) is 13.3.